The molecule has 2 aromatic rings. The molecule has 0 saturated carbocycles. The van der Waals surface area contributed by atoms with E-state index in [1.54, 1.807) is 6.08 Å². The fourth-order valence-corrected chi connectivity index (χ4v) is 3.33. The molecule has 0 fully saturated rings. The molecule has 0 aliphatic carbocycles. The summed E-state index contributed by atoms with van der Waals surface area (Å²) in [6.45, 7) is 4.75. The lowest BCUT2D eigenvalue weighted by atomic mass is 10.1. The van der Waals surface area contributed by atoms with Gasteiger partial charge in [-0.15, -0.1) is 29.7 Å². The van der Waals surface area contributed by atoms with Crippen molar-refractivity contribution in [1.29, 1.82) is 0 Å². The third-order valence-corrected chi connectivity index (χ3v) is 4.75. The predicted octanol–water partition coefficient (Wildman–Crippen LogP) is 3.44. The van der Waals surface area contributed by atoms with Gasteiger partial charge in [0, 0.05) is 16.7 Å². The van der Waals surface area contributed by atoms with Crippen LogP contribution in [-0.4, -0.2) is 35.6 Å². The number of thioether (sulfide) groups is 1. The summed E-state index contributed by atoms with van der Waals surface area (Å²) in [6, 6.07) is 5.73. The number of hydrogen-bond donors (Lipinski definition) is 1. The summed E-state index contributed by atoms with van der Waals surface area (Å²) in [5.74, 6) is 2.58. The fourth-order valence-electron chi connectivity index (χ4n) is 2.06. The van der Waals surface area contributed by atoms with Crippen LogP contribution in [0.1, 0.15) is 0 Å². The molecule has 120 valence electrons. The van der Waals surface area contributed by atoms with Crippen LogP contribution in [0.2, 0.25) is 0 Å². The van der Waals surface area contributed by atoms with Gasteiger partial charge in [0.05, 0.1) is 11.4 Å². The van der Waals surface area contributed by atoms with Gasteiger partial charge in [0.1, 0.15) is 13.2 Å². The van der Waals surface area contributed by atoms with Crippen molar-refractivity contribution in [1.82, 2.24) is 4.98 Å². The normalized spacial score (nSPS) is 12.7. The Labute approximate surface area is 142 Å². The number of nitrogens with one attached hydrogen (secondary N) is 1. The Balaban J connectivity index is 1.67. The zero-order chi connectivity index (χ0) is 16.1. The zero-order valence-corrected chi connectivity index (χ0v) is 14.0. The van der Waals surface area contributed by atoms with E-state index in [1.807, 2.05) is 23.6 Å². The van der Waals surface area contributed by atoms with E-state index >= 15 is 0 Å². The second-order valence-corrected chi connectivity index (χ2v) is 6.64. The topological polar surface area (TPSA) is 60.5 Å². The van der Waals surface area contributed by atoms with Crippen LogP contribution in [-0.2, 0) is 4.79 Å². The van der Waals surface area contributed by atoms with Crippen molar-refractivity contribution in [3.8, 4) is 22.8 Å². The maximum Gasteiger partial charge on any atom is 0.236 e. The minimum Gasteiger partial charge on any atom is -0.486 e. The molecule has 0 atom stereocenters. The minimum absolute atomic E-state index is 0.0556. The van der Waals surface area contributed by atoms with E-state index in [0.29, 0.717) is 24.1 Å². The van der Waals surface area contributed by atoms with Gasteiger partial charge in [0.15, 0.2) is 16.6 Å². The Morgan fingerprint density at radius 1 is 1.39 bits per heavy atom. The maximum absolute atomic E-state index is 11.8. The zero-order valence-electron chi connectivity index (χ0n) is 12.4. The lowest BCUT2D eigenvalue weighted by Crippen LogP contribution is -2.15. The van der Waals surface area contributed by atoms with E-state index in [-0.39, 0.29) is 5.91 Å². The Hall–Kier alpha value is -1.99. The molecule has 0 spiro atoms. The molecule has 3 rings (SSSR count). The van der Waals surface area contributed by atoms with Crippen LogP contribution in [0.4, 0.5) is 5.13 Å². The number of anilines is 1. The fraction of sp³-hybridized carbons (Fsp3) is 0.250. The van der Waals surface area contributed by atoms with Crippen molar-refractivity contribution >= 4 is 34.1 Å². The highest BCUT2D eigenvalue weighted by atomic mass is 32.2. The summed E-state index contributed by atoms with van der Waals surface area (Å²) < 4.78 is 11.1. The van der Waals surface area contributed by atoms with Crippen molar-refractivity contribution in [3.63, 3.8) is 0 Å². The number of carbonyl (C=O) groups excluding carboxylic acids is 1. The molecular formula is C16H16N2O3S2. The lowest BCUT2D eigenvalue weighted by molar-refractivity contribution is -0.113. The number of ether oxygens (including phenoxy) is 2. The van der Waals surface area contributed by atoms with Gasteiger partial charge in [-0.3, -0.25) is 4.79 Å². The van der Waals surface area contributed by atoms with Crippen LogP contribution in [0.15, 0.2) is 36.2 Å². The smallest absolute Gasteiger partial charge is 0.236 e. The Bertz CT molecular complexity index is 715. The number of thiazole rings is 1. The molecule has 0 saturated heterocycles. The van der Waals surface area contributed by atoms with Crippen molar-refractivity contribution in [2.45, 2.75) is 0 Å². The molecule has 2 heterocycles. The van der Waals surface area contributed by atoms with Crippen LogP contribution >= 0.6 is 23.1 Å². The molecule has 1 aromatic heterocycles. The molecule has 1 aromatic carbocycles. The number of rotatable bonds is 6. The van der Waals surface area contributed by atoms with E-state index in [1.165, 1.54) is 23.1 Å². The summed E-state index contributed by atoms with van der Waals surface area (Å²) in [5.41, 5.74) is 1.74. The monoisotopic (exact) mass is 348 g/mol. The molecule has 0 radical (unpaired) electrons. The number of benzene rings is 1. The second-order valence-electron chi connectivity index (χ2n) is 4.75. The van der Waals surface area contributed by atoms with Gasteiger partial charge >= 0.3 is 0 Å². The first kappa shape index (κ1) is 15.9. The van der Waals surface area contributed by atoms with Gasteiger partial charge < -0.3 is 14.8 Å². The molecule has 1 aliphatic rings. The first-order chi connectivity index (χ1) is 11.3. The van der Waals surface area contributed by atoms with Gasteiger partial charge in [0.25, 0.3) is 0 Å². The first-order valence-electron chi connectivity index (χ1n) is 7.10. The van der Waals surface area contributed by atoms with Gasteiger partial charge in [0.2, 0.25) is 5.91 Å². The van der Waals surface area contributed by atoms with Crippen molar-refractivity contribution in [3.05, 3.63) is 36.2 Å². The summed E-state index contributed by atoms with van der Waals surface area (Å²) in [6.07, 6.45) is 1.78. The summed E-state index contributed by atoms with van der Waals surface area (Å²) in [5, 5.41) is 5.32. The van der Waals surface area contributed by atoms with Gasteiger partial charge in [-0.1, -0.05) is 6.08 Å². The van der Waals surface area contributed by atoms with Crippen molar-refractivity contribution in [2.24, 2.45) is 0 Å². The molecule has 23 heavy (non-hydrogen) atoms. The van der Waals surface area contributed by atoms with Crippen LogP contribution in [0, 0.1) is 0 Å². The van der Waals surface area contributed by atoms with Gasteiger partial charge in [-0.25, -0.2) is 4.98 Å². The number of fused-ring (bicyclic) bond motifs is 1. The average Bonchev–Trinajstić information content (AvgIpc) is 3.03. The molecule has 0 bridgehead atoms. The SMILES string of the molecule is C=CCSCC(=O)Nc1nc(-c2ccc3c(c2)OCCO3)cs1. The molecule has 1 amide bonds. The first-order valence-corrected chi connectivity index (χ1v) is 9.14. The third-order valence-electron chi connectivity index (χ3n) is 3.06. The summed E-state index contributed by atoms with van der Waals surface area (Å²) in [7, 11) is 0. The van der Waals surface area contributed by atoms with Crippen molar-refractivity contribution < 1.29 is 14.3 Å². The van der Waals surface area contributed by atoms with Crippen LogP contribution in [0.5, 0.6) is 11.5 Å². The van der Waals surface area contributed by atoms with Gasteiger partial charge in [-0.05, 0) is 18.2 Å². The van der Waals surface area contributed by atoms with E-state index < -0.39 is 0 Å². The molecular weight excluding hydrogens is 332 g/mol. The summed E-state index contributed by atoms with van der Waals surface area (Å²) >= 11 is 2.92. The molecule has 1 aliphatic heterocycles. The van der Waals surface area contributed by atoms with E-state index in [2.05, 4.69) is 16.9 Å². The van der Waals surface area contributed by atoms with Crippen LogP contribution in [0.25, 0.3) is 11.3 Å². The van der Waals surface area contributed by atoms with Crippen LogP contribution in [0.3, 0.4) is 0 Å². The number of carbonyl (C=O) groups is 1. The van der Waals surface area contributed by atoms with Crippen LogP contribution < -0.4 is 14.8 Å². The second kappa shape index (κ2) is 7.52. The summed E-state index contributed by atoms with van der Waals surface area (Å²) in [4.78, 5) is 16.2. The highest BCUT2D eigenvalue weighted by Gasteiger charge is 2.14. The highest BCUT2D eigenvalue weighted by molar-refractivity contribution is 8.00. The van der Waals surface area contributed by atoms with E-state index in [0.717, 1.165) is 28.5 Å². The number of aromatic nitrogens is 1. The van der Waals surface area contributed by atoms with Gasteiger partial charge in [-0.2, -0.15) is 0 Å². The molecule has 1 N–H and O–H groups in total. The Morgan fingerprint density at radius 2 is 2.22 bits per heavy atom. The third kappa shape index (κ3) is 4.05. The number of nitrogens with zero attached hydrogens (tertiary/aromatic N) is 1. The molecule has 5 nitrogen and oxygen atoms in total. The number of hydrogen-bond acceptors (Lipinski definition) is 6. The Morgan fingerprint density at radius 3 is 3.04 bits per heavy atom. The predicted molar refractivity (Wildman–Crippen MR) is 94.7 cm³/mol. The average molecular weight is 348 g/mol. The standard InChI is InChI=1S/C16H16N2O3S2/c1-2-7-22-10-15(19)18-16-17-12(9-23-16)11-3-4-13-14(8-11)21-6-5-20-13/h2-4,8-9H,1,5-7,10H2,(H,17,18,19). The maximum atomic E-state index is 11.8. The van der Waals surface area contributed by atoms with Crippen molar-refractivity contribution in [2.75, 3.05) is 30.0 Å². The quantitative estimate of drug-likeness (QED) is 0.640. The Kier molecular flexibility index (Phi) is 5.19. The van der Waals surface area contributed by atoms with E-state index in [4.69, 9.17) is 9.47 Å². The minimum atomic E-state index is -0.0556. The van der Waals surface area contributed by atoms with E-state index in [9.17, 15) is 4.79 Å². The molecule has 7 heteroatoms. The highest BCUT2D eigenvalue weighted by Crippen LogP contribution is 2.35. The molecule has 0 unspecified atom stereocenters. The number of amides is 1. The lowest BCUT2D eigenvalue weighted by Gasteiger charge is -2.18. The largest absolute Gasteiger partial charge is 0.486 e.